The molecule has 1 saturated heterocycles. The third-order valence-corrected chi connectivity index (χ3v) is 2.83. The number of nitrogens with one attached hydrogen (secondary N) is 1. The molecule has 15 heavy (non-hydrogen) atoms. The number of aryl methyl sites for hydroxylation is 1. The van der Waals surface area contributed by atoms with Crippen molar-refractivity contribution in [2.75, 3.05) is 13.1 Å². The summed E-state index contributed by atoms with van der Waals surface area (Å²) in [7, 11) is 2.00. The van der Waals surface area contributed by atoms with Gasteiger partial charge in [0.1, 0.15) is 5.82 Å². The van der Waals surface area contributed by atoms with E-state index in [9.17, 15) is 0 Å². The molecule has 0 saturated carbocycles. The lowest BCUT2D eigenvalue weighted by Crippen LogP contribution is -2.43. The van der Waals surface area contributed by atoms with Crippen molar-refractivity contribution in [3.8, 4) is 0 Å². The third kappa shape index (κ3) is 2.56. The van der Waals surface area contributed by atoms with E-state index in [4.69, 9.17) is 0 Å². The minimum absolute atomic E-state index is 0.630. The van der Waals surface area contributed by atoms with Crippen LogP contribution in [0.5, 0.6) is 0 Å². The normalized spacial score (nSPS) is 17.1. The van der Waals surface area contributed by atoms with Gasteiger partial charge >= 0.3 is 0 Å². The van der Waals surface area contributed by atoms with Gasteiger partial charge < -0.3 is 5.32 Å². The highest BCUT2D eigenvalue weighted by Crippen LogP contribution is 2.11. The van der Waals surface area contributed by atoms with Crippen LogP contribution >= 0.6 is 0 Å². The van der Waals surface area contributed by atoms with E-state index in [1.54, 1.807) is 0 Å². The monoisotopic (exact) mass is 208 g/mol. The van der Waals surface area contributed by atoms with Crippen molar-refractivity contribution in [1.29, 1.82) is 0 Å². The SMILES string of the molecule is CC(C)Cc1nc(CC2CNC2)n(C)n1. The summed E-state index contributed by atoms with van der Waals surface area (Å²) in [6, 6.07) is 0. The fraction of sp³-hybridized carbons (Fsp3) is 0.818. The highest BCUT2D eigenvalue weighted by atomic mass is 15.3. The lowest BCUT2D eigenvalue weighted by Gasteiger charge is -2.26. The fourth-order valence-corrected chi connectivity index (χ4v) is 1.85. The Kier molecular flexibility index (Phi) is 3.05. The topological polar surface area (TPSA) is 42.7 Å². The van der Waals surface area contributed by atoms with Gasteiger partial charge in [-0.1, -0.05) is 13.8 Å². The molecule has 1 fully saturated rings. The number of hydrogen-bond acceptors (Lipinski definition) is 3. The summed E-state index contributed by atoms with van der Waals surface area (Å²) in [6.07, 6.45) is 2.05. The van der Waals surface area contributed by atoms with Gasteiger partial charge in [-0.2, -0.15) is 5.10 Å². The van der Waals surface area contributed by atoms with Gasteiger partial charge in [-0.05, 0) is 24.9 Å². The second-order valence-corrected chi connectivity index (χ2v) is 4.89. The van der Waals surface area contributed by atoms with Crippen LogP contribution in [0.2, 0.25) is 0 Å². The zero-order valence-corrected chi connectivity index (χ0v) is 9.82. The first-order valence-electron chi connectivity index (χ1n) is 5.74. The van der Waals surface area contributed by atoms with Gasteiger partial charge in [0, 0.05) is 19.9 Å². The van der Waals surface area contributed by atoms with E-state index in [0.29, 0.717) is 5.92 Å². The molecule has 1 aromatic heterocycles. The van der Waals surface area contributed by atoms with Crippen molar-refractivity contribution in [3.05, 3.63) is 11.6 Å². The first-order chi connectivity index (χ1) is 7.15. The molecule has 0 spiro atoms. The molecule has 0 aromatic carbocycles. The summed E-state index contributed by atoms with van der Waals surface area (Å²) in [5.41, 5.74) is 0. The quantitative estimate of drug-likeness (QED) is 0.795. The minimum atomic E-state index is 0.630. The highest BCUT2D eigenvalue weighted by Gasteiger charge is 2.20. The molecule has 4 heteroatoms. The Labute approximate surface area is 91.1 Å². The Morgan fingerprint density at radius 2 is 2.20 bits per heavy atom. The van der Waals surface area contributed by atoms with Crippen LogP contribution in [0.15, 0.2) is 0 Å². The molecule has 0 unspecified atom stereocenters. The maximum absolute atomic E-state index is 4.60. The molecule has 1 aliphatic rings. The molecule has 0 amide bonds. The first-order valence-corrected chi connectivity index (χ1v) is 5.74. The zero-order chi connectivity index (χ0) is 10.8. The Morgan fingerprint density at radius 1 is 1.47 bits per heavy atom. The Hall–Kier alpha value is -0.900. The van der Waals surface area contributed by atoms with E-state index in [-0.39, 0.29) is 0 Å². The van der Waals surface area contributed by atoms with Crippen molar-refractivity contribution in [3.63, 3.8) is 0 Å². The van der Waals surface area contributed by atoms with Gasteiger partial charge in [0.05, 0.1) is 0 Å². The van der Waals surface area contributed by atoms with E-state index in [2.05, 4.69) is 29.2 Å². The summed E-state index contributed by atoms with van der Waals surface area (Å²) in [4.78, 5) is 4.60. The summed E-state index contributed by atoms with van der Waals surface area (Å²) in [5.74, 6) is 3.53. The predicted octanol–water partition coefficient (Wildman–Crippen LogP) is 0.775. The average molecular weight is 208 g/mol. The molecule has 0 atom stereocenters. The van der Waals surface area contributed by atoms with Gasteiger partial charge in [-0.25, -0.2) is 4.98 Å². The maximum atomic E-state index is 4.60. The van der Waals surface area contributed by atoms with E-state index in [0.717, 1.165) is 43.5 Å². The number of hydrogen-bond donors (Lipinski definition) is 1. The highest BCUT2D eigenvalue weighted by molar-refractivity contribution is 4.97. The molecule has 2 rings (SSSR count). The smallest absolute Gasteiger partial charge is 0.151 e. The summed E-state index contributed by atoms with van der Waals surface area (Å²) < 4.78 is 1.94. The van der Waals surface area contributed by atoms with Crippen LogP contribution < -0.4 is 5.32 Å². The number of nitrogens with zero attached hydrogens (tertiary/aromatic N) is 3. The van der Waals surface area contributed by atoms with E-state index in [1.807, 2.05) is 11.7 Å². The van der Waals surface area contributed by atoms with Crippen molar-refractivity contribution < 1.29 is 0 Å². The van der Waals surface area contributed by atoms with Gasteiger partial charge in [0.2, 0.25) is 0 Å². The molecule has 0 bridgehead atoms. The van der Waals surface area contributed by atoms with Gasteiger partial charge in [-0.15, -0.1) is 0 Å². The Balaban J connectivity index is 2.00. The van der Waals surface area contributed by atoms with E-state index in [1.165, 1.54) is 0 Å². The maximum Gasteiger partial charge on any atom is 0.151 e. The fourth-order valence-electron chi connectivity index (χ4n) is 1.85. The van der Waals surface area contributed by atoms with Crippen molar-refractivity contribution in [1.82, 2.24) is 20.1 Å². The lowest BCUT2D eigenvalue weighted by atomic mass is 9.99. The molecule has 84 valence electrons. The molecule has 1 aliphatic heterocycles. The van der Waals surface area contributed by atoms with Gasteiger partial charge in [0.25, 0.3) is 0 Å². The van der Waals surface area contributed by atoms with E-state index < -0.39 is 0 Å². The van der Waals surface area contributed by atoms with Crippen LogP contribution in [-0.2, 0) is 19.9 Å². The van der Waals surface area contributed by atoms with Crippen LogP contribution in [0, 0.1) is 11.8 Å². The van der Waals surface area contributed by atoms with Crippen molar-refractivity contribution in [2.45, 2.75) is 26.7 Å². The first kappa shape index (κ1) is 10.6. The van der Waals surface area contributed by atoms with Crippen molar-refractivity contribution >= 4 is 0 Å². The van der Waals surface area contributed by atoms with E-state index >= 15 is 0 Å². The molecule has 0 aliphatic carbocycles. The van der Waals surface area contributed by atoms with Crippen molar-refractivity contribution in [2.24, 2.45) is 18.9 Å². The summed E-state index contributed by atoms with van der Waals surface area (Å²) >= 11 is 0. The molecule has 0 radical (unpaired) electrons. The Morgan fingerprint density at radius 3 is 2.73 bits per heavy atom. The van der Waals surface area contributed by atoms with Gasteiger partial charge in [0.15, 0.2) is 5.82 Å². The largest absolute Gasteiger partial charge is 0.316 e. The molecule has 1 aromatic rings. The summed E-state index contributed by atoms with van der Waals surface area (Å²) in [5, 5.41) is 7.73. The third-order valence-electron chi connectivity index (χ3n) is 2.83. The number of rotatable bonds is 4. The molecule has 4 nitrogen and oxygen atoms in total. The molecule has 1 N–H and O–H groups in total. The van der Waals surface area contributed by atoms with Crippen LogP contribution in [0.3, 0.4) is 0 Å². The number of aromatic nitrogens is 3. The van der Waals surface area contributed by atoms with Gasteiger partial charge in [-0.3, -0.25) is 4.68 Å². The second-order valence-electron chi connectivity index (χ2n) is 4.89. The van der Waals surface area contributed by atoms with Crippen LogP contribution in [0.1, 0.15) is 25.5 Å². The molecular weight excluding hydrogens is 188 g/mol. The summed E-state index contributed by atoms with van der Waals surface area (Å²) in [6.45, 7) is 6.66. The minimum Gasteiger partial charge on any atom is -0.316 e. The van der Waals surface area contributed by atoms with Crippen LogP contribution in [-0.4, -0.2) is 27.9 Å². The van der Waals surface area contributed by atoms with Crippen LogP contribution in [0.25, 0.3) is 0 Å². The standard InChI is InChI=1S/C11H20N4/c1-8(2)4-10-13-11(15(3)14-10)5-9-6-12-7-9/h8-9,12H,4-7H2,1-3H3. The Bertz CT molecular complexity index is 325. The second kappa shape index (κ2) is 4.31. The zero-order valence-electron chi connectivity index (χ0n) is 9.82. The lowest BCUT2D eigenvalue weighted by molar-refractivity contribution is 0.337. The predicted molar refractivity (Wildman–Crippen MR) is 59.6 cm³/mol. The average Bonchev–Trinajstić information content (AvgIpc) is 2.38. The molecular formula is C11H20N4. The van der Waals surface area contributed by atoms with Crippen LogP contribution in [0.4, 0.5) is 0 Å². The molecule has 2 heterocycles.